The van der Waals surface area contributed by atoms with E-state index < -0.39 is 0 Å². The fraction of sp³-hybridized carbons (Fsp3) is 0.294. The molecule has 0 fully saturated rings. The summed E-state index contributed by atoms with van der Waals surface area (Å²) in [5.41, 5.74) is 3.21. The van der Waals surface area contributed by atoms with E-state index in [9.17, 15) is 4.39 Å². The highest BCUT2D eigenvalue weighted by Gasteiger charge is 2.28. The van der Waals surface area contributed by atoms with Crippen molar-refractivity contribution in [3.05, 3.63) is 70.0 Å². The minimum absolute atomic E-state index is 0.0463. The monoisotopic (exact) mass is 308 g/mol. The average Bonchev–Trinajstić information content (AvgIpc) is 2.45. The summed E-state index contributed by atoms with van der Waals surface area (Å²) in [6.07, 6.45) is 2.66. The second-order valence-electron chi connectivity index (χ2n) is 5.34. The second kappa shape index (κ2) is 5.75. The van der Waals surface area contributed by atoms with Crippen LogP contribution in [0.1, 0.15) is 28.5 Å². The van der Waals surface area contributed by atoms with E-state index in [1.807, 2.05) is 12.1 Å². The van der Waals surface area contributed by atoms with Crippen LogP contribution in [-0.2, 0) is 12.8 Å². The van der Waals surface area contributed by atoms with E-state index >= 15 is 0 Å². The minimum Gasteiger partial charge on any atom is -0.207 e. The Labute approximate surface area is 128 Å². The van der Waals surface area contributed by atoms with Gasteiger partial charge in [0.1, 0.15) is 5.82 Å². The Kier molecular flexibility index (Phi) is 4.00. The van der Waals surface area contributed by atoms with Crippen LogP contribution in [0.15, 0.2) is 42.5 Å². The summed E-state index contributed by atoms with van der Waals surface area (Å²) >= 11 is 12.4. The third-order valence-corrected chi connectivity index (χ3v) is 4.87. The number of halogens is 3. The number of alkyl halides is 1. The van der Waals surface area contributed by atoms with Crippen molar-refractivity contribution in [1.29, 1.82) is 0 Å². The van der Waals surface area contributed by atoms with Crippen LogP contribution in [0.2, 0.25) is 5.02 Å². The van der Waals surface area contributed by atoms with Crippen LogP contribution in [0.5, 0.6) is 0 Å². The molecular formula is C17H15Cl2F. The van der Waals surface area contributed by atoms with Crippen LogP contribution in [0.4, 0.5) is 4.39 Å². The van der Waals surface area contributed by atoms with Crippen LogP contribution in [0.25, 0.3) is 0 Å². The van der Waals surface area contributed by atoms with Gasteiger partial charge >= 0.3 is 0 Å². The maximum atomic E-state index is 13.9. The molecule has 3 rings (SSSR count). The Balaban J connectivity index is 1.83. The normalized spacial score (nSPS) is 21.6. The number of fused-ring (bicyclic) bond motifs is 1. The van der Waals surface area contributed by atoms with Gasteiger partial charge in [-0.25, -0.2) is 4.39 Å². The van der Waals surface area contributed by atoms with Gasteiger partial charge in [0.2, 0.25) is 0 Å². The van der Waals surface area contributed by atoms with E-state index in [-0.39, 0.29) is 17.1 Å². The highest BCUT2D eigenvalue weighted by Crippen LogP contribution is 2.40. The largest absolute Gasteiger partial charge is 0.207 e. The first kappa shape index (κ1) is 13.9. The van der Waals surface area contributed by atoms with Gasteiger partial charge in [-0.05, 0) is 54.0 Å². The molecule has 2 aromatic carbocycles. The van der Waals surface area contributed by atoms with Crippen LogP contribution in [0, 0.1) is 11.7 Å². The molecule has 0 heterocycles. The average molecular weight is 309 g/mol. The van der Waals surface area contributed by atoms with Crippen LogP contribution in [-0.4, -0.2) is 0 Å². The van der Waals surface area contributed by atoms with Crippen LogP contribution in [0.3, 0.4) is 0 Å². The van der Waals surface area contributed by atoms with Crippen LogP contribution < -0.4 is 0 Å². The van der Waals surface area contributed by atoms with E-state index in [4.69, 9.17) is 23.2 Å². The summed E-state index contributed by atoms with van der Waals surface area (Å²) in [4.78, 5) is 0. The smallest absolute Gasteiger partial charge is 0.127 e. The summed E-state index contributed by atoms with van der Waals surface area (Å²) in [5, 5.41) is 0.387. The zero-order valence-corrected chi connectivity index (χ0v) is 12.5. The van der Waals surface area contributed by atoms with Crippen molar-refractivity contribution < 1.29 is 4.39 Å². The first-order chi connectivity index (χ1) is 9.65. The van der Waals surface area contributed by atoms with Gasteiger partial charge < -0.3 is 0 Å². The molecule has 0 aromatic heterocycles. The summed E-state index contributed by atoms with van der Waals surface area (Å²) in [5.74, 6) is 0.0301. The Morgan fingerprint density at radius 2 is 1.95 bits per heavy atom. The lowest BCUT2D eigenvalue weighted by Gasteiger charge is -2.29. The molecule has 0 radical (unpaired) electrons. The van der Waals surface area contributed by atoms with E-state index in [0.717, 1.165) is 12.8 Å². The molecule has 0 saturated carbocycles. The van der Waals surface area contributed by atoms with Gasteiger partial charge in [0.25, 0.3) is 0 Å². The first-order valence-electron chi connectivity index (χ1n) is 6.81. The van der Waals surface area contributed by atoms with E-state index in [1.54, 1.807) is 12.1 Å². The van der Waals surface area contributed by atoms with Crippen molar-refractivity contribution in [3.8, 4) is 0 Å². The van der Waals surface area contributed by atoms with Gasteiger partial charge in [0.15, 0.2) is 0 Å². The molecule has 0 bridgehead atoms. The lowest BCUT2D eigenvalue weighted by Crippen LogP contribution is -2.19. The van der Waals surface area contributed by atoms with Crippen molar-refractivity contribution in [3.63, 3.8) is 0 Å². The summed E-state index contributed by atoms with van der Waals surface area (Å²) in [6.45, 7) is 0. The molecule has 1 aliphatic carbocycles. The SMILES string of the molecule is Fc1cc(Cl)ccc1CC1CCc2ccccc2C1Cl. The second-order valence-corrected chi connectivity index (χ2v) is 6.25. The lowest BCUT2D eigenvalue weighted by molar-refractivity contribution is 0.433. The van der Waals surface area contributed by atoms with Gasteiger partial charge in [0.05, 0.1) is 5.38 Å². The Hall–Kier alpha value is -1.05. The topological polar surface area (TPSA) is 0 Å². The third-order valence-electron chi connectivity index (χ3n) is 4.05. The molecule has 2 atom stereocenters. The van der Waals surface area contributed by atoms with Gasteiger partial charge in [-0.15, -0.1) is 11.6 Å². The van der Waals surface area contributed by atoms with Crippen molar-refractivity contribution in [1.82, 2.24) is 0 Å². The molecular weight excluding hydrogens is 294 g/mol. The predicted molar refractivity (Wildman–Crippen MR) is 82.0 cm³/mol. The van der Waals surface area contributed by atoms with Crippen molar-refractivity contribution in [2.75, 3.05) is 0 Å². The highest BCUT2D eigenvalue weighted by atomic mass is 35.5. The van der Waals surface area contributed by atoms with Crippen LogP contribution >= 0.6 is 23.2 Å². The number of hydrogen-bond donors (Lipinski definition) is 0. The maximum absolute atomic E-state index is 13.9. The van der Waals surface area contributed by atoms with E-state index in [0.29, 0.717) is 17.0 Å². The zero-order valence-electron chi connectivity index (χ0n) is 11.0. The number of aryl methyl sites for hydroxylation is 1. The van der Waals surface area contributed by atoms with Crippen molar-refractivity contribution in [2.45, 2.75) is 24.6 Å². The van der Waals surface area contributed by atoms with Gasteiger partial charge in [-0.1, -0.05) is 41.9 Å². The Bertz CT molecular complexity index is 624. The molecule has 20 heavy (non-hydrogen) atoms. The first-order valence-corrected chi connectivity index (χ1v) is 7.62. The third kappa shape index (κ3) is 2.70. The van der Waals surface area contributed by atoms with Gasteiger partial charge in [0, 0.05) is 5.02 Å². The molecule has 0 amide bonds. The molecule has 0 N–H and O–H groups in total. The molecule has 2 aromatic rings. The van der Waals surface area contributed by atoms with Gasteiger partial charge in [-0.3, -0.25) is 0 Å². The highest BCUT2D eigenvalue weighted by molar-refractivity contribution is 6.30. The molecule has 104 valence electrons. The van der Waals surface area contributed by atoms with Gasteiger partial charge in [-0.2, -0.15) is 0 Å². The fourth-order valence-corrected chi connectivity index (χ4v) is 3.53. The predicted octanol–water partition coefficient (Wildman–Crippen LogP) is 5.56. The molecule has 0 aliphatic heterocycles. The van der Waals surface area contributed by atoms with E-state index in [2.05, 4.69) is 12.1 Å². The molecule has 0 saturated heterocycles. The number of rotatable bonds is 2. The summed E-state index contributed by atoms with van der Waals surface area (Å²) in [6, 6.07) is 13.1. The molecule has 2 unspecified atom stereocenters. The maximum Gasteiger partial charge on any atom is 0.127 e. The summed E-state index contributed by atoms with van der Waals surface area (Å²) in [7, 11) is 0. The molecule has 0 nitrogen and oxygen atoms in total. The van der Waals surface area contributed by atoms with Crippen molar-refractivity contribution >= 4 is 23.2 Å². The lowest BCUT2D eigenvalue weighted by atomic mass is 9.80. The Morgan fingerprint density at radius 3 is 2.75 bits per heavy atom. The zero-order chi connectivity index (χ0) is 14.1. The number of hydrogen-bond acceptors (Lipinski definition) is 0. The standard InChI is InChI=1S/C17H15Cl2F/c18-14-8-7-12(16(20)10-14)9-13-6-5-11-3-1-2-4-15(11)17(13)19/h1-4,7-8,10,13,17H,5-6,9H2. The van der Waals surface area contributed by atoms with E-state index in [1.165, 1.54) is 17.2 Å². The molecule has 0 spiro atoms. The minimum atomic E-state index is -0.236. The fourth-order valence-electron chi connectivity index (χ4n) is 2.95. The van der Waals surface area contributed by atoms with Crippen molar-refractivity contribution in [2.24, 2.45) is 5.92 Å². The molecule has 3 heteroatoms. The quantitative estimate of drug-likeness (QED) is 0.637. The molecule has 1 aliphatic rings. The Morgan fingerprint density at radius 1 is 1.15 bits per heavy atom. The summed E-state index contributed by atoms with van der Waals surface area (Å²) < 4.78 is 13.9. The number of benzene rings is 2.